The number of carboxylic acids is 1. The summed E-state index contributed by atoms with van der Waals surface area (Å²) in [6.07, 6.45) is 2.14. The summed E-state index contributed by atoms with van der Waals surface area (Å²) in [4.78, 5) is 27.9. The third-order valence-corrected chi connectivity index (χ3v) is 2.88. The number of pyridine rings is 1. The maximum absolute atomic E-state index is 13.1. The van der Waals surface area contributed by atoms with Crippen LogP contribution in [0.15, 0.2) is 42.7 Å². The van der Waals surface area contributed by atoms with E-state index < -0.39 is 24.2 Å². The van der Waals surface area contributed by atoms with Crippen LogP contribution < -0.4 is 4.90 Å². The van der Waals surface area contributed by atoms with Gasteiger partial charge >= 0.3 is 5.97 Å². The molecule has 2 rings (SSSR count). The number of aliphatic carboxylic acids is 1. The number of carbonyl (C=O) groups excluding carboxylic acids is 1. The molecule has 0 aliphatic rings. The molecule has 0 atom stereocenters. The van der Waals surface area contributed by atoms with Crippen molar-refractivity contribution in [1.82, 2.24) is 4.98 Å². The molecule has 0 aliphatic heterocycles. The highest BCUT2D eigenvalue weighted by molar-refractivity contribution is 6.30. The van der Waals surface area contributed by atoms with Gasteiger partial charge in [0.2, 0.25) is 0 Å². The van der Waals surface area contributed by atoms with Crippen molar-refractivity contribution < 1.29 is 19.1 Å². The highest BCUT2D eigenvalue weighted by atomic mass is 35.5. The highest BCUT2D eigenvalue weighted by Crippen LogP contribution is 2.20. The summed E-state index contributed by atoms with van der Waals surface area (Å²) in [7, 11) is 0. The van der Waals surface area contributed by atoms with Crippen molar-refractivity contribution in [2.45, 2.75) is 0 Å². The van der Waals surface area contributed by atoms with Gasteiger partial charge in [-0.2, -0.15) is 0 Å². The third kappa shape index (κ3) is 3.76. The Morgan fingerprint density at radius 3 is 2.48 bits per heavy atom. The molecule has 1 N–H and O–H groups in total. The van der Waals surface area contributed by atoms with E-state index in [4.69, 9.17) is 16.7 Å². The van der Waals surface area contributed by atoms with Crippen LogP contribution in [-0.4, -0.2) is 28.5 Å². The minimum absolute atomic E-state index is 0.0359. The van der Waals surface area contributed by atoms with Crippen molar-refractivity contribution in [1.29, 1.82) is 0 Å². The molecule has 0 unspecified atom stereocenters. The molecule has 0 radical (unpaired) electrons. The minimum Gasteiger partial charge on any atom is -0.480 e. The number of hydrogen-bond acceptors (Lipinski definition) is 3. The maximum atomic E-state index is 13.1. The van der Waals surface area contributed by atoms with Crippen molar-refractivity contribution in [2.24, 2.45) is 0 Å². The van der Waals surface area contributed by atoms with Gasteiger partial charge in [0.05, 0.1) is 11.8 Å². The summed E-state index contributed by atoms with van der Waals surface area (Å²) in [5.41, 5.74) is 0.308. The summed E-state index contributed by atoms with van der Waals surface area (Å²) in [6, 6.07) is 7.08. The molecule has 2 aromatic rings. The van der Waals surface area contributed by atoms with E-state index in [1.165, 1.54) is 30.5 Å². The van der Waals surface area contributed by atoms with Crippen LogP contribution in [0.5, 0.6) is 0 Å². The van der Waals surface area contributed by atoms with Crippen LogP contribution in [0.1, 0.15) is 10.4 Å². The van der Waals surface area contributed by atoms with Crippen LogP contribution in [0.25, 0.3) is 0 Å². The average Bonchev–Trinajstić information content (AvgIpc) is 2.45. The summed E-state index contributed by atoms with van der Waals surface area (Å²) in [5.74, 6) is -2.53. The monoisotopic (exact) mass is 308 g/mol. The molecule has 5 nitrogen and oxygen atoms in total. The molecule has 0 bridgehead atoms. The van der Waals surface area contributed by atoms with Gasteiger partial charge in [0.1, 0.15) is 12.4 Å². The third-order valence-electron chi connectivity index (χ3n) is 2.63. The number of aromatic nitrogens is 1. The van der Waals surface area contributed by atoms with E-state index in [1.807, 2.05) is 0 Å². The topological polar surface area (TPSA) is 70.5 Å². The number of halogens is 2. The van der Waals surface area contributed by atoms with Crippen molar-refractivity contribution >= 4 is 29.2 Å². The Bertz CT molecular complexity index is 676. The molecule has 1 amide bonds. The molecule has 0 aliphatic carbocycles. The summed E-state index contributed by atoms with van der Waals surface area (Å²) < 4.78 is 13.1. The first kappa shape index (κ1) is 14.9. The lowest BCUT2D eigenvalue weighted by Gasteiger charge is -2.20. The predicted molar refractivity (Wildman–Crippen MR) is 75.0 cm³/mol. The number of anilines is 1. The average molecular weight is 309 g/mol. The van der Waals surface area contributed by atoms with Crippen molar-refractivity contribution in [3.8, 4) is 0 Å². The summed E-state index contributed by atoms with van der Waals surface area (Å²) in [6.45, 7) is -0.559. The quantitative estimate of drug-likeness (QED) is 0.942. The van der Waals surface area contributed by atoms with E-state index in [9.17, 15) is 14.0 Å². The lowest BCUT2D eigenvalue weighted by molar-refractivity contribution is -0.135. The fourth-order valence-corrected chi connectivity index (χ4v) is 1.85. The van der Waals surface area contributed by atoms with Crippen LogP contribution in [0.3, 0.4) is 0 Å². The first-order chi connectivity index (χ1) is 9.97. The van der Waals surface area contributed by atoms with E-state index in [0.717, 1.165) is 17.2 Å². The van der Waals surface area contributed by atoms with Crippen LogP contribution in [0.4, 0.5) is 10.1 Å². The zero-order valence-corrected chi connectivity index (χ0v) is 11.4. The largest absolute Gasteiger partial charge is 0.480 e. The molecule has 0 spiro atoms. The van der Waals surface area contributed by atoms with Gasteiger partial charge in [-0.15, -0.1) is 0 Å². The van der Waals surface area contributed by atoms with Crippen molar-refractivity contribution in [3.63, 3.8) is 0 Å². The number of rotatable bonds is 4. The fourth-order valence-electron chi connectivity index (χ4n) is 1.72. The lowest BCUT2D eigenvalue weighted by Crippen LogP contribution is -2.35. The zero-order valence-electron chi connectivity index (χ0n) is 10.7. The van der Waals surface area contributed by atoms with Gasteiger partial charge in [-0.25, -0.2) is 4.39 Å². The van der Waals surface area contributed by atoms with Crippen LogP contribution in [0.2, 0.25) is 5.02 Å². The first-order valence-electron chi connectivity index (χ1n) is 5.87. The predicted octanol–water partition coefficient (Wildman–Crippen LogP) is 2.61. The Hall–Kier alpha value is -2.47. The SMILES string of the molecule is O=C(O)CN(C(=O)c1cncc(F)c1)c1ccc(Cl)cc1. The van der Waals surface area contributed by atoms with Gasteiger partial charge in [-0.3, -0.25) is 19.5 Å². The van der Waals surface area contributed by atoms with Gasteiger partial charge in [0.25, 0.3) is 5.91 Å². The molecule has 1 heterocycles. The van der Waals surface area contributed by atoms with E-state index >= 15 is 0 Å². The highest BCUT2D eigenvalue weighted by Gasteiger charge is 2.21. The van der Waals surface area contributed by atoms with E-state index in [-0.39, 0.29) is 5.56 Å². The molecule has 0 saturated heterocycles. The molecule has 1 aromatic heterocycles. The van der Waals surface area contributed by atoms with Gasteiger partial charge in [0, 0.05) is 16.9 Å². The Labute approximate surface area is 124 Å². The maximum Gasteiger partial charge on any atom is 0.323 e. The molecule has 0 saturated carbocycles. The molecule has 108 valence electrons. The lowest BCUT2D eigenvalue weighted by atomic mass is 10.2. The van der Waals surface area contributed by atoms with Crippen molar-refractivity contribution in [3.05, 3.63) is 59.1 Å². The number of hydrogen-bond donors (Lipinski definition) is 1. The first-order valence-corrected chi connectivity index (χ1v) is 6.25. The smallest absolute Gasteiger partial charge is 0.323 e. The fraction of sp³-hybridized carbons (Fsp3) is 0.0714. The molecule has 21 heavy (non-hydrogen) atoms. The van der Waals surface area contributed by atoms with E-state index in [2.05, 4.69) is 4.98 Å². The second kappa shape index (κ2) is 6.32. The van der Waals surface area contributed by atoms with E-state index in [1.54, 1.807) is 0 Å². The normalized spacial score (nSPS) is 10.2. The molecule has 7 heteroatoms. The van der Waals surface area contributed by atoms with Gasteiger partial charge in [-0.05, 0) is 30.3 Å². The van der Waals surface area contributed by atoms with Gasteiger partial charge in [-0.1, -0.05) is 11.6 Å². The van der Waals surface area contributed by atoms with Crippen molar-refractivity contribution in [2.75, 3.05) is 11.4 Å². The standard InChI is InChI=1S/C14H10ClFN2O3/c15-10-1-3-12(4-2-10)18(8-13(19)20)14(21)9-5-11(16)7-17-6-9/h1-7H,8H2,(H,19,20). The Kier molecular flexibility index (Phi) is 4.49. The Morgan fingerprint density at radius 1 is 1.24 bits per heavy atom. The van der Waals surface area contributed by atoms with Crippen LogP contribution in [-0.2, 0) is 4.79 Å². The Morgan fingerprint density at radius 2 is 1.90 bits per heavy atom. The summed E-state index contributed by atoms with van der Waals surface area (Å²) >= 11 is 5.76. The van der Waals surface area contributed by atoms with Crippen LogP contribution >= 0.6 is 11.6 Å². The van der Waals surface area contributed by atoms with Gasteiger partial charge < -0.3 is 5.11 Å². The molecular weight excluding hydrogens is 299 g/mol. The number of amides is 1. The second-order valence-electron chi connectivity index (χ2n) is 4.15. The second-order valence-corrected chi connectivity index (χ2v) is 4.59. The number of carbonyl (C=O) groups is 2. The Balaban J connectivity index is 2.38. The summed E-state index contributed by atoms with van der Waals surface area (Å²) in [5, 5.41) is 9.39. The van der Waals surface area contributed by atoms with Gasteiger partial charge in [0.15, 0.2) is 0 Å². The number of nitrogens with zero attached hydrogens (tertiary/aromatic N) is 2. The zero-order chi connectivity index (χ0) is 15.4. The molecular formula is C14H10ClFN2O3. The number of benzene rings is 1. The number of carboxylic acid groups (broad SMARTS) is 1. The molecule has 1 aromatic carbocycles. The van der Waals surface area contributed by atoms with E-state index in [0.29, 0.717) is 10.7 Å². The minimum atomic E-state index is -1.19. The van der Waals surface area contributed by atoms with Crippen LogP contribution in [0, 0.1) is 5.82 Å². The molecule has 0 fully saturated rings.